The van der Waals surface area contributed by atoms with Gasteiger partial charge in [-0.15, -0.1) is 25.7 Å². The van der Waals surface area contributed by atoms with E-state index in [4.69, 9.17) is 19.9 Å². The molecule has 7 aliphatic rings. The molecule has 2 spiro atoms. The van der Waals surface area contributed by atoms with Crippen LogP contribution in [0.5, 0.6) is 0 Å². The van der Waals surface area contributed by atoms with Crippen molar-refractivity contribution in [3.05, 3.63) is 0 Å². The lowest BCUT2D eigenvalue weighted by Gasteiger charge is -2.59. The summed E-state index contributed by atoms with van der Waals surface area (Å²) >= 11 is 0. The van der Waals surface area contributed by atoms with Crippen LogP contribution in [-0.2, 0) is 19.0 Å². The topological polar surface area (TPSA) is 111 Å². The fraction of sp³-hybridized carbons (Fsp3) is 0.850. The molecule has 2 amide bonds. The van der Waals surface area contributed by atoms with E-state index in [2.05, 4.69) is 53.4 Å². The molecule has 0 radical (unpaired) electrons. The molecule has 7 fully saturated rings. The first-order valence-corrected chi connectivity index (χ1v) is 18.8. The van der Waals surface area contributed by atoms with Gasteiger partial charge in [0.05, 0.1) is 32.0 Å². The number of rotatable bonds is 9. The number of hydrogen-bond acceptors (Lipinski definition) is 6. The Balaban J connectivity index is 0.00000109. The standard InChI is InChI=1S/C36H58N2O6.2C2H2/c1-22-35-15-14-34(4)25(7-5-6-17-43-32(37)41)27(39)20-26(34)24(35)10-11-28-33(2,3)29(12-13-36(22,28)35)44-31-21-38(16-18-42-31)30(40)19-23-8-9-23;2*1-2/h22-29,31,39H,5-21H2,1-4H3,(H2,37,41);2*1-2H/t22-,24-,25?,26?,27+,28?,29-,31?,34+,35-,36?;;/m0../s1. The van der Waals surface area contributed by atoms with Crippen LogP contribution in [0.2, 0.25) is 0 Å². The third-order valence-corrected chi connectivity index (χ3v) is 15.2. The highest BCUT2D eigenvalue weighted by Gasteiger charge is 2.84. The molecule has 268 valence electrons. The third kappa shape index (κ3) is 5.96. The zero-order chi connectivity index (χ0) is 35.1. The molecule has 0 aromatic heterocycles. The SMILES string of the molecule is C#C.C#C.C[C@@H]1C23CC[C@H](OC4CN(C(=O)CC5CC5)CCO4)C(C)(C)C2CC[C@H]2C4C[C@@H](O)C(CCCCOC(N)=O)[C@@]4(C)CC[C@]123. The van der Waals surface area contributed by atoms with Crippen LogP contribution in [0.15, 0.2) is 0 Å². The predicted octanol–water partition coefficient (Wildman–Crippen LogP) is 6.39. The molecule has 1 aliphatic heterocycles. The van der Waals surface area contributed by atoms with Gasteiger partial charge in [-0.1, -0.05) is 27.7 Å². The van der Waals surface area contributed by atoms with E-state index in [0.29, 0.717) is 73.1 Å². The molecule has 6 aliphatic carbocycles. The maximum atomic E-state index is 12.8. The Morgan fingerprint density at radius 1 is 0.958 bits per heavy atom. The molecule has 0 aromatic carbocycles. The largest absolute Gasteiger partial charge is 0.450 e. The normalized spacial score (nSPS) is 43.3. The smallest absolute Gasteiger partial charge is 0.404 e. The summed E-state index contributed by atoms with van der Waals surface area (Å²) in [6, 6.07) is 0. The van der Waals surface area contributed by atoms with Gasteiger partial charge in [0.15, 0.2) is 6.29 Å². The summed E-state index contributed by atoms with van der Waals surface area (Å²) in [6.45, 7) is 12.2. The van der Waals surface area contributed by atoms with Crippen molar-refractivity contribution in [3.63, 3.8) is 0 Å². The highest BCUT2D eigenvalue weighted by Crippen LogP contribution is 2.89. The van der Waals surface area contributed by atoms with Gasteiger partial charge in [0.25, 0.3) is 0 Å². The van der Waals surface area contributed by atoms with E-state index >= 15 is 0 Å². The van der Waals surface area contributed by atoms with E-state index in [-0.39, 0.29) is 35.2 Å². The average Bonchev–Trinajstić information content (AvgIpc) is 3.96. The van der Waals surface area contributed by atoms with Crippen molar-refractivity contribution in [3.8, 4) is 25.7 Å². The summed E-state index contributed by atoms with van der Waals surface area (Å²) in [7, 11) is 0. The van der Waals surface area contributed by atoms with Crippen LogP contribution >= 0.6 is 0 Å². The number of ether oxygens (including phenoxy) is 3. The number of fused-ring (bicyclic) bond motifs is 2. The summed E-state index contributed by atoms with van der Waals surface area (Å²) in [5, 5.41) is 11.4. The van der Waals surface area contributed by atoms with Gasteiger partial charge < -0.3 is 30.0 Å². The molecule has 8 heteroatoms. The molecule has 7 rings (SSSR count). The molecule has 0 aromatic rings. The molecule has 5 unspecified atom stereocenters. The summed E-state index contributed by atoms with van der Waals surface area (Å²) in [5.41, 5.74) is 6.16. The lowest BCUT2D eigenvalue weighted by molar-refractivity contribution is -0.244. The maximum Gasteiger partial charge on any atom is 0.404 e. The second-order valence-electron chi connectivity index (χ2n) is 17.0. The zero-order valence-corrected chi connectivity index (χ0v) is 30.0. The Morgan fingerprint density at radius 2 is 1.69 bits per heavy atom. The third-order valence-electron chi connectivity index (χ3n) is 15.2. The van der Waals surface area contributed by atoms with Crippen LogP contribution in [0.1, 0.15) is 111 Å². The number of nitrogens with zero attached hydrogens (tertiary/aromatic N) is 1. The van der Waals surface area contributed by atoms with Gasteiger partial charge in [0.2, 0.25) is 5.91 Å². The lowest BCUT2D eigenvalue weighted by atomic mass is 9.46. The maximum absolute atomic E-state index is 12.8. The van der Waals surface area contributed by atoms with E-state index in [9.17, 15) is 14.7 Å². The Labute approximate surface area is 289 Å². The fourth-order valence-electron chi connectivity index (χ4n) is 12.9. The number of nitrogens with two attached hydrogens (primary N) is 1. The van der Waals surface area contributed by atoms with Crippen molar-refractivity contribution in [2.75, 3.05) is 26.3 Å². The van der Waals surface area contributed by atoms with Crippen LogP contribution < -0.4 is 5.73 Å². The Hall–Kier alpha value is -2.26. The van der Waals surface area contributed by atoms with Crippen molar-refractivity contribution in [2.45, 2.75) is 130 Å². The van der Waals surface area contributed by atoms with Crippen LogP contribution in [0.4, 0.5) is 4.79 Å². The van der Waals surface area contributed by atoms with E-state index in [1.54, 1.807) is 0 Å². The molecular formula is C40H62N2O6. The molecule has 0 bridgehead atoms. The summed E-state index contributed by atoms with van der Waals surface area (Å²) in [4.78, 5) is 25.8. The minimum atomic E-state index is -0.702. The van der Waals surface area contributed by atoms with E-state index in [0.717, 1.165) is 38.0 Å². The number of primary amides is 1. The number of terminal acetylenes is 2. The van der Waals surface area contributed by atoms with Gasteiger partial charge in [-0.3, -0.25) is 4.79 Å². The van der Waals surface area contributed by atoms with Crippen LogP contribution in [0, 0.1) is 82.9 Å². The molecule has 6 saturated carbocycles. The minimum absolute atomic E-state index is 0.0517. The number of aliphatic hydroxyl groups excluding tert-OH is 1. The first kappa shape index (κ1) is 37.0. The van der Waals surface area contributed by atoms with Gasteiger partial charge >= 0.3 is 6.09 Å². The molecule has 11 atom stereocenters. The van der Waals surface area contributed by atoms with Crippen LogP contribution in [0.3, 0.4) is 0 Å². The number of carbonyl (C=O) groups is 2. The Morgan fingerprint density at radius 3 is 2.38 bits per heavy atom. The number of unbranched alkanes of at least 4 members (excludes halogenated alkanes) is 1. The average molecular weight is 667 g/mol. The molecule has 48 heavy (non-hydrogen) atoms. The number of hydrogen-bond donors (Lipinski definition) is 2. The second kappa shape index (κ2) is 14.2. The van der Waals surface area contributed by atoms with Gasteiger partial charge in [0, 0.05) is 13.0 Å². The molecule has 1 heterocycles. The number of morpholine rings is 1. The van der Waals surface area contributed by atoms with Crippen molar-refractivity contribution in [1.29, 1.82) is 0 Å². The first-order chi connectivity index (χ1) is 22.9. The molecule has 8 nitrogen and oxygen atoms in total. The number of carbonyl (C=O) groups excluding carboxylic acids is 2. The van der Waals surface area contributed by atoms with Crippen molar-refractivity contribution < 1.29 is 28.9 Å². The van der Waals surface area contributed by atoms with Crippen LogP contribution in [-0.4, -0.2) is 66.8 Å². The van der Waals surface area contributed by atoms with Crippen LogP contribution in [0.25, 0.3) is 0 Å². The lowest BCUT2D eigenvalue weighted by Crippen LogP contribution is -2.56. The minimum Gasteiger partial charge on any atom is -0.450 e. The van der Waals surface area contributed by atoms with Crippen molar-refractivity contribution >= 4 is 12.0 Å². The van der Waals surface area contributed by atoms with Gasteiger partial charge in [-0.05, 0) is 134 Å². The van der Waals surface area contributed by atoms with Crippen molar-refractivity contribution in [2.24, 2.45) is 62.9 Å². The Kier molecular flexibility index (Phi) is 10.9. The van der Waals surface area contributed by atoms with Gasteiger partial charge in [0.1, 0.15) is 0 Å². The molecule has 1 saturated heterocycles. The summed E-state index contributed by atoms with van der Waals surface area (Å²) < 4.78 is 17.9. The van der Waals surface area contributed by atoms with E-state index in [1.807, 2.05) is 4.90 Å². The van der Waals surface area contributed by atoms with Gasteiger partial charge in [-0.2, -0.15) is 0 Å². The van der Waals surface area contributed by atoms with E-state index in [1.165, 1.54) is 44.9 Å². The van der Waals surface area contributed by atoms with Crippen molar-refractivity contribution in [1.82, 2.24) is 4.90 Å². The molecular weight excluding hydrogens is 604 g/mol. The number of amides is 2. The second-order valence-corrected chi connectivity index (χ2v) is 17.0. The number of aliphatic hydroxyl groups is 1. The summed E-state index contributed by atoms with van der Waals surface area (Å²) in [5.74, 6) is 3.85. The first-order valence-electron chi connectivity index (χ1n) is 18.8. The Bertz CT molecular complexity index is 1210. The highest BCUT2D eigenvalue weighted by atomic mass is 16.7. The van der Waals surface area contributed by atoms with E-state index < -0.39 is 6.09 Å². The molecule has 3 N–H and O–H groups in total. The predicted molar refractivity (Wildman–Crippen MR) is 186 cm³/mol. The monoisotopic (exact) mass is 666 g/mol. The zero-order valence-electron chi connectivity index (χ0n) is 30.0. The summed E-state index contributed by atoms with van der Waals surface area (Å²) in [6.07, 6.45) is 29.0. The quantitative estimate of drug-likeness (QED) is 0.218. The fourth-order valence-corrected chi connectivity index (χ4v) is 12.9. The van der Waals surface area contributed by atoms with Gasteiger partial charge in [-0.25, -0.2) is 4.79 Å². The highest BCUT2D eigenvalue weighted by molar-refractivity contribution is 5.76.